The molecule has 0 bridgehead atoms. The topological polar surface area (TPSA) is 25.8 Å². The molecule has 0 N–H and O–H groups in total. The van der Waals surface area contributed by atoms with Crippen LogP contribution in [0, 0.1) is 0 Å². The van der Waals surface area contributed by atoms with Gasteiger partial charge >= 0.3 is 0 Å². The van der Waals surface area contributed by atoms with Gasteiger partial charge in [0.05, 0.1) is 5.69 Å². The highest BCUT2D eigenvalue weighted by atomic mass is 35.5. The maximum atomic E-state index is 6.46. The van der Waals surface area contributed by atoms with Crippen molar-refractivity contribution in [3.05, 3.63) is 119 Å². The molecule has 0 spiro atoms. The van der Waals surface area contributed by atoms with Crippen LogP contribution < -0.4 is 0 Å². The van der Waals surface area contributed by atoms with Crippen molar-refractivity contribution in [2.45, 2.75) is 19.3 Å². The van der Waals surface area contributed by atoms with Crippen LogP contribution in [0.15, 0.2) is 103 Å². The second kappa shape index (κ2) is 7.93. The van der Waals surface area contributed by atoms with Crippen LogP contribution in [0.1, 0.15) is 25.0 Å². The number of aromatic nitrogens is 2. The number of benzene rings is 4. The van der Waals surface area contributed by atoms with E-state index in [9.17, 15) is 0 Å². The number of halogens is 1. The van der Waals surface area contributed by atoms with Crippen LogP contribution in [0.3, 0.4) is 0 Å². The summed E-state index contributed by atoms with van der Waals surface area (Å²) in [4.78, 5) is 9.50. The van der Waals surface area contributed by atoms with Crippen molar-refractivity contribution < 1.29 is 0 Å². The van der Waals surface area contributed by atoms with Crippen LogP contribution in [0.25, 0.3) is 44.9 Å². The first-order valence-corrected chi connectivity index (χ1v) is 11.8. The first-order chi connectivity index (χ1) is 16.5. The van der Waals surface area contributed by atoms with Gasteiger partial charge in [-0.2, -0.15) is 0 Å². The first kappa shape index (κ1) is 20.8. The fourth-order valence-corrected chi connectivity index (χ4v) is 5.28. The normalized spacial score (nSPS) is 13.4. The summed E-state index contributed by atoms with van der Waals surface area (Å²) in [5.74, 6) is 0.630. The number of fused-ring (bicyclic) bond motifs is 3. The van der Waals surface area contributed by atoms with Crippen molar-refractivity contribution in [1.82, 2.24) is 9.97 Å². The lowest BCUT2D eigenvalue weighted by Gasteiger charge is -2.22. The van der Waals surface area contributed by atoms with E-state index in [1.807, 2.05) is 42.5 Å². The maximum absolute atomic E-state index is 6.46. The molecule has 1 aromatic heterocycles. The molecule has 0 unspecified atom stereocenters. The summed E-state index contributed by atoms with van der Waals surface area (Å²) >= 11 is 6.46. The van der Waals surface area contributed by atoms with Crippen LogP contribution in [-0.2, 0) is 5.41 Å². The molecule has 164 valence electrons. The smallest absolute Gasteiger partial charge is 0.162 e. The van der Waals surface area contributed by atoms with E-state index in [1.54, 1.807) is 0 Å². The molecule has 0 saturated heterocycles. The predicted octanol–water partition coefficient (Wildman–Crippen LogP) is 8.44. The molecule has 3 heteroatoms. The van der Waals surface area contributed by atoms with E-state index in [0.29, 0.717) is 11.0 Å². The molecular weight excluding hydrogens is 436 g/mol. The van der Waals surface area contributed by atoms with E-state index in [-0.39, 0.29) is 5.41 Å². The molecule has 0 atom stereocenters. The molecule has 5 aromatic rings. The van der Waals surface area contributed by atoms with Crippen molar-refractivity contribution in [2.75, 3.05) is 0 Å². The van der Waals surface area contributed by atoms with Gasteiger partial charge < -0.3 is 0 Å². The van der Waals surface area contributed by atoms with E-state index in [1.165, 1.54) is 22.3 Å². The highest BCUT2D eigenvalue weighted by molar-refractivity contribution is 6.29. The van der Waals surface area contributed by atoms with Crippen molar-refractivity contribution in [1.29, 1.82) is 0 Å². The second-order valence-electron chi connectivity index (χ2n) is 9.24. The standard InChI is InChI=1S/C31H23ClN2/c1-31(2)26-15-9-8-13-23(26)24-17-16-21(18-27(24)31)22-12-6-7-14-25(22)30-33-28(19-29(32)34-30)20-10-4-3-5-11-20/h3-19H,1-2H3. The lowest BCUT2D eigenvalue weighted by atomic mass is 9.81. The highest BCUT2D eigenvalue weighted by Crippen LogP contribution is 2.49. The minimum absolute atomic E-state index is 0.0517. The van der Waals surface area contributed by atoms with E-state index >= 15 is 0 Å². The Balaban J connectivity index is 1.50. The van der Waals surface area contributed by atoms with Gasteiger partial charge in [0.15, 0.2) is 5.82 Å². The summed E-state index contributed by atoms with van der Waals surface area (Å²) in [5, 5.41) is 0.434. The molecule has 1 aliphatic rings. The number of hydrogen-bond donors (Lipinski definition) is 0. The van der Waals surface area contributed by atoms with Crippen molar-refractivity contribution in [3.8, 4) is 44.9 Å². The van der Waals surface area contributed by atoms with Crippen molar-refractivity contribution >= 4 is 11.6 Å². The Morgan fingerprint density at radius 2 is 1.21 bits per heavy atom. The third-order valence-electron chi connectivity index (χ3n) is 6.83. The molecule has 0 fully saturated rings. The van der Waals surface area contributed by atoms with E-state index in [0.717, 1.165) is 27.9 Å². The Bertz CT molecular complexity index is 1540. The number of rotatable bonds is 3. The van der Waals surface area contributed by atoms with Gasteiger partial charge in [-0.25, -0.2) is 9.97 Å². The van der Waals surface area contributed by atoms with Gasteiger partial charge in [-0.1, -0.05) is 116 Å². The van der Waals surface area contributed by atoms with E-state index in [2.05, 4.69) is 79.5 Å². The second-order valence-corrected chi connectivity index (χ2v) is 9.63. The molecule has 34 heavy (non-hydrogen) atoms. The average molecular weight is 459 g/mol. The van der Waals surface area contributed by atoms with E-state index in [4.69, 9.17) is 16.6 Å². The minimum Gasteiger partial charge on any atom is -0.228 e. The molecule has 0 radical (unpaired) electrons. The Hall–Kier alpha value is -3.75. The average Bonchev–Trinajstić information content (AvgIpc) is 3.11. The predicted molar refractivity (Wildman–Crippen MR) is 141 cm³/mol. The monoisotopic (exact) mass is 458 g/mol. The molecule has 1 heterocycles. The number of hydrogen-bond acceptors (Lipinski definition) is 2. The lowest BCUT2D eigenvalue weighted by molar-refractivity contribution is 0.660. The Morgan fingerprint density at radius 3 is 2.00 bits per heavy atom. The molecule has 0 aliphatic heterocycles. The van der Waals surface area contributed by atoms with E-state index < -0.39 is 0 Å². The van der Waals surface area contributed by atoms with Crippen LogP contribution in [0.4, 0.5) is 0 Å². The molecule has 1 aliphatic carbocycles. The van der Waals surface area contributed by atoms with Crippen LogP contribution in [0.2, 0.25) is 5.15 Å². The summed E-state index contributed by atoms with van der Waals surface area (Å²) in [7, 11) is 0. The fraction of sp³-hybridized carbons (Fsp3) is 0.0968. The SMILES string of the molecule is CC1(C)c2ccccc2-c2ccc(-c3ccccc3-c3nc(Cl)cc(-c4ccccc4)n3)cc21. The zero-order chi connectivity index (χ0) is 23.3. The van der Waals surface area contributed by atoms with Crippen LogP contribution >= 0.6 is 11.6 Å². The Kier molecular flexibility index (Phi) is 4.86. The van der Waals surface area contributed by atoms with Gasteiger partial charge in [0.25, 0.3) is 0 Å². The minimum atomic E-state index is -0.0517. The third kappa shape index (κ3) is 3.34. The Labute approximate surface area is 204 Å². The van der Waals surface area contributed by atoms with Crippen LogP contribution in [-0.4, -0.2) is 9.97 Å². The van der Waals surface area contributed by atoms with Crippen LogP contribution in [0.5, 0.6) is 0 Å². The maximum Gasteiger partial charge on any atom is 0.162 e. The summed E-state index contributed by atoms with van der Waals surface area (Å²) < 4.78 is 0. The number of nitrogens with zero attached hydrogens (tertiary/aromatic N) is 2. The molecular formula is C31H23ClN2. The van der Waals surface area contributed by atoms with Gasteiger partial charge in [-0.15, -0.1) is 0 Å². The molecule has 0 amide bonds. The summed E-state index contributed by atoms with van der Waals surface area (Å²) in [5.41, 5.74) is 10.4. The summed E-state index contributed by atoms with van der Waals surface area (Å²) in [6.45, 7) is 4.61. The fourth-order valence-electron chi connectivity index (χ4n) is 5.10. The largest absolute Gasteiger partial charge is 0.228 e. The first-order valence-electron chi connectivity index (χ1n) is 11.5. The third-order valence-corrected chi connectivity index (χ3v) is 7.02. The highest BCUT2D eigenvalue weighted by Gasteiger charge is 2.35. The quantitative estimate of drug-likeness (QED) is 0.253. The zero-order valence-corrected chi connectivity index (χ0v) is 19.8. The van der Waals surface area contributed by atoms with Gasteiger partial charge in [-0.3, -0.25) is 0 Å². The molecule has 2 nitrogen and oxygen atoms in total. The lowest BCUT2D eigenvalue weighted by Crippen LogP contribution is -2.14. The van der Waals surface area contributed by atoms with Crippen molar-refractivity contribution in [3.63, 3.8) is 0 Å². The van der Waals surface area contributed by atoms with Gasteiger partial charge in [0.2, 0.25) is 0 Å². The molecule has 4 aromatic carbocycles. The zero-order valence-electron chi connectivity index (χ0n) is 19.1. The molecule has 0 saturated carbocycles. The molecule has 6 rings (SSSR count). The van der Waals surface area contributed by atoms with Gasteiger partial charge in [0, 0.05) is 22.6 Å². The van der Waals surface area contributed by atoms with Crippen molar-refractivity contribution in [2.24, 2.45) is 0 Å². The van der Waals surface area contributed by atoms with Gasteiger partial charge in [-0.05, 0) is 39.4 Å². The summed E-state index contributed by atoms with van der Waals surface area (Å²) in [6, 6.07) is 35.7. The Morgan fingerprint density at radius 1 is 0.559 bits per heavy atom. The van der Waals surface area contributed by atoms with Gasteiger partial charge in [0.1, 0.15) is 5.15 Å². The summed E-state index contributed by atoms with van der Waals surface area (Å²) in [6.07, 6.45) is 0.